The lowest BCUT2D eigenvalue weighted by Crippen LogP contribution is -2.19. The average Bonchev–Trinajstić information content (AvgIpc) is 3.05. The minimum atomic E-state index is -4.40. The molecule has 0 saturated heterocycles. The topological polar surface area (TPSA) is 46.5 Å². The van der Waals surface area contributed by atoms with Crippen LogP contribution >= 0.6 is 0 Å². The summed E-state index contributed by atoms with van der Waals surface area (Å²) in [6.07, 6.45) is -3.95. The summed E-state index contributed by atoms with van der Waals surface area (Å²) >= 11 is 0. The van der Waals surface area contributed by atoms with E-state index < -0.39 is 24.7 Å². The molecule has 98 valence electrons. The minimum absolute atomic E-state index is 0.114. The van der Waals surface area contributed by atoms with Crippen molar-refractivity contribution in [2.45, 2.75) is 18.5 Å². The molecule has 0 bridgehead atoms. The Morgan fingerprint density at radius 1 is 1.39 bits per heavy atom. The fourth-order valence-electron chi connectivity index (χ4n) is 1.89. The molecule has 6 heteroatoms. The Kier molecular flexibility index (Phi) is 3.19. The molecule has 1 saturated carbocycles. The van der Waals surface area contributed by atoms with Crippen molar-refractivity contribution in [1.82, 2.24) is 0 Å². The number of carboxylic acid groups (broad SMARTS) is 1. The Bertz CT molecular complexity index is 456. The Hall–Kier alpha value is -1.72. The summed E-state index contributed by atoms with van der Waals surface area (Å²) in [6.45, 7) is -1.37. The van der Waals surface area contributed by atoms with Gasteiger partial charge >= 0.3 is 12.1 Å². The van der Waals surface area contributed by atoms with Gasteiger partial charge in [-0.3, -0.25) is 4.79 Å². The summed E-state index contributed by atoms with van der Waals surface area (Å²) in [5.74, 6) is -1.57. The number of hydrogen-bond acceptors (Lipinski definition) is 2. The van der Waals surface area contributed by atoms with Gasteiger partial charge in [-0.1, -0.05) is 18.2 Å². The highest BCUT2D eigenvalue weighted by Crippen LogP contribution is 2.50. The van der Waals surface area contributed by atoms with Crippen LogP contribution in [0.5, 0.6) is 5.75 Å². The fraction of sp³-hybridized carbons (Fsp3) is 0.417. The predicted octanol–water partition coefficient (Wildman–Crippen LogP) is 2.82. The van der Waals surface area contributed by atoms with Crippen LogP contribution in [-0.2, 0) is 4.79 Å². The lowest BCUT2D eigenvalue weighted by Gasteiger charge is -2.12. The molecule has 18 heavy (non-hydrogen) atoms. The molecule has 1 aliphatic carbocycles. The molecule has 0 radical (unpaired) electrons. The van der Waals surface area contributed by atoms with Gasteiger partial charge in [0.05, 0.1) is 5.92 Å². The number of aliphatic carboxylic acids is 1. The first-order valence-corrected chi connectivity index (χ1v) is 5.40. The van der Waals surface area contributed by atoms with Crippen molar-refractivity contribution < 1.29 is 27.8 Å². The molecular formula is C12H11F3O3. The highest BCUT2D eigenvalue weighted by Gasteiger charge is 2.45. The molecule has 1 aliphatic rings. The second-order valence-corrected chi connectivity index (χ2v) is 4.23. The molecule has 3 nitrogen and oxygen atoms in total. The largest absolute Gasteiger partial charge is 0.484 e. The van der Waals surface area contributed by atoms with E-state index in [1.165, 1.54) is 6.07 Å². The van der Waals surface area contributed by atoms with Gasteiger partial charge in [-0.2, -0.15) is 13.2 Å². The van der Waals surface area contributed by atoms with Crippen LogP contribution < -0.4 is 4.74 Å². The van der Waals surface area contributed by atoms with E-state index >= 15 is 0 Å². The van der Waals surface area contributed by atoms with E-state index in [1.54, 1.807) is 18.2 Å². The maximum absolute atomic E-state index is 12.1. The van der Waals surface area contributed by atoms with E-state index in [0.29, 0.717) is 12.0 Å². The number of carbonyl (C=O) groups is 1. The van der Waals surface area contributed by atoms with Gasteiger partial charge in [0.25, 0.3) is 0 Å². The van der Waals surface area contributed by atoms with Crippen molar-refractivity contribution in [2.24, 2.45) is 5.92 Å². The van der Waals surface area contributed by atoms with Crippen molar-refractivity contribution >= 4 is 5.97 Å². The number of para-hydroxylation sites is 1. The number of carboxylic acids is 1. The van der Waals surface area contributed by atoms with E-state index in [0.717, 1.165) is 0 Å². The quantitative estimate of drug-likeness (QED) is 0.905. The molecule has 1 aromatic rings. The Labute approximate surface area is 101 Å². The van der Waals surface area contributed by atoms with Crippen molar-refractivity contribution in [3.8, 4) is 5.75 Å². The molecule has 0 amide bonds. The first-order chi connectivity index (χ1) is 8.38. The Balaban J connectivity index is 2.10. The number of halogens is 3. The van der Waals surface area contributed by atoms with Crippen LogP contribution in [0, 0.1) is 5.92 Å². The molecule has 2 rings (SSSR count). The van der Waals surface area contributed by atoms with Crippen LogP contribution in [0.4, 0.5) is 13.2 Å². The summed E-state index contributed by atoms with van der Waals surface area (Å²) in [5, 5.41) is 8.81. The van der Waals surface area contributed by atoms with Crippen molar-refractivity contribution in [1.29, 1.82) is 0 Å². The van der Waals surface area contributed by atoms with Crippen LogP contribution in [0.1, 0.15) is 17.9 Å². The first kappa shape index (κ1) is 12.7. The predicted molar refractivity (Wildman–Crippen MR) is 56.5 cm³/mol. The van der Waals surface area contributed by atoms with Gasteiger partial charge in [0, 0.05) is 5.92 Å². The van der Waals surface area contributed by atoms with Crippen molar-refractivity contribution in [3.05, 3.63) is 29.8 Å². The van der Waals surface area contributed by atoms with E-state index in [2.05, 4.69) is 0 Å². The molecule has 1 fully saturated rings. The second-order valence-electron chi connectivity index (χ2n) is 4.23. The zero-order valence-electron chi connectivity index (χ0n) is 9.28. The third-order valence-electron chi connectivity index (χ3n) is 2.82. The normalized spacial score (nSPS) is 22.6. The zero-order chi connectivity index (χ0) is 13.3. The van der Waals surface area contributed by atoms with Crippen LogP contribution in [0.15, 0.2) is 24.3 Å². The molecule has 2 atom stereocenters. The minimum Gasteiger partial charge on any atom is -0.484 e. The van der Waals surface area contributed by atoms with Crippen molar-refractivity contribution in [3.63, 3.8) is 0 Å². The number of benzene rings is 1. The molecule has 0 heterocycles. The highest BCUT2D eigenvalue weighted by atomic mass is 19.4. The second kappa shape index (κ2) is 4.51. The molecule has 2 unspecified atom stereocenters. The van der Waals surface area contributed by atoms with Crippen molar-refractivity contribution in [2.75, 3.05) is 6.61 Å². The summed E-state index contributed by atoms with van der Waals surface area (Å²) in [6, 6.07) is 6.26. The summed E-state index contributed by atoms with van der Waals surface area (Å²) in [4.78, 5) is 10.8. The van der Waals surface area contributed by atoms with Gasteiger partial charge in [-0.15, -0.1) is 0 Å². The lowest BCUT2D eigenvalue weighted by atomic mass is 10.1. The van der Waals surface area contributed by atoms with Gasteiger partial charge in [0.15, 0.2) is 6.61 Å². The van der Waals surface area contributed by atoms with E-state index in [-0.39, 0.29) is 11.7 Å². The molecule has 0 aliphatic heterocycles. The van der Waals surface area contributed by atoms with Gasteiger partial charge in [-0.05, 0) is 18.1 Å². The summed E-state index contributed by atoms with van der Waals surface area (Å²) < 4.78 is 40.9. The third-order valence-corrected chi connectivity index (χ3v) is 2.82. The number of ether oxygens (including phenoxy) is 1. The lowest BCUT2D eigenvalue weighted by molar-refractivity contribution is -0.153. The van der Waals surface area contributed by atoms with Crippen LogP contribution in [0.2, 0.25) is 0 Å². The number of alkyl halides is 3. The van der Waals surface area contributed by atoms with E-state index in [9.17, 15) is 18.0 Å². The van der Waals surface area contributed by atoms with Crippen LogP contribution in [0.25, 0.3) is 0 Å². The average molecular weight is 260 g/mol. The maximum atomic E-state index is 12.1. The van der Waals surface area contributed by atoms with Gasteiger partial charge < -0.3 is 9.84 Å². The third kappa shape index (κ3) is 2.94. The van der Waals surface area contributed by atoms with Gasteiger partial charge in [-0.25, -0.2) is 0 Å². The highest BCUT2D eigenvalue weighted by molar-refractivity contribution is 5.75. The molecule has 0 spiro atoms. The monoisotopic (exact) mass is 260 g/mol. The molecule has 1 aromatic carbocycles. The van der Waals surface area contributed by atoms with Crippen LogP contribution in [0.3, 0.4) is 0 Å². The number of hydrogen-bond donors (Lipinski definition) is 1. The molecule has 1 N–H and O–H groups in total. The summed E-state index contributed by atoms with van der Waals surface area (Å²) in [5.41, 5.74) is 0.536. The van der Waals surface area contributed by atoms with Gasteiger partial charge in [0.1, 0.15) is 5.75 Å². The molecule has 0 aromatic heterocycles. The standard InChI is InChI=1S/C12H11F3O3/c13-12(14,15)6-18-10-4-2-1-3-7(10)8-5-9(8)11(16)17/h1-4,8-9H,5-6H2,(H,16,17). The Morgan fingerprint density at radius 2 is 2.06 bits per heavy atom. The van der Waals surface area contributed by atoms with Crippen LogP contribution in [-0.4, -0.2) is 23.9 Å². The zero-order valence-corrected chi connectivity index (χ0v) is 9.28. The van der Waals surface area contributed by atoms with E-state index in [4.69, 9.17) is 9.84 Å². The Morgan fingerprint density at radius 3 is 2.61 bits per heavy atom. The maximum Gasteiger partial charge on any atom is 0.422 e. The number of rotatable bonds is 4. The molecular weight excluding hydrogens is 249 g/mol. The van der Waals surface area contributed by atoms with E-state index in [1.807, 2.05) is 0 Å². The SMILES string of the molecule is O=C(O)C1CC1c1ccccc1OCC(F)(F)F. The van der Waals surface area contributed by atoms with Gasteiger partial charge in [0.2, 0.25) is 0 Å². The summed E-state index contributed by atoms with van der Waals surface area (Å²) in [7, 11) is 0. The fourth-order valence-corrected chi connectivity index (χ4v) is 1.89. The smallest absolute Gasteiger partial charge is 0.422 e. The first-order valence-electron chi connectivity index (χ1n) is 5.40.